The van der Waals surface area contributed by atoms with Crippen molar-refractivity contribution < 1.29 is 9.59 Å². The molecule has 1 saturated heterocycles. The van der Waals surface area contributed by atoms with Crippen LogP contribution in [0.3, 0.4) is 0 Å². The molecule has 1 aliphatic rings. The average molecular weight is 346 g/mol. The van der Waals surface area contributed by atoms with Gasteiger partial charge in [0.1, 0.15) is 0 Å². The van der Waals surface area contributed by atoms with Crippen molar-refractivity contribution in [2.75, 3.05) is 4.90 Å². The van der Waals surface area contributed by atoms with Gasteiger partial charge in [-0.3, -0.25) is 14.5 Å². The lowest BCUT2D eigenvalue weighted by Gasteiger charge is -2.15. The fourth-order valence-corrected chi connectivity index (χ4v) is 3.82. The standard InChI is InChI=1S/C22H22N2O2/c1-3-12-23-14-19(17-6-4-5-7-20(17)23)18-13-21(25)24(22(18)26)16-10-8-15(2)9-11-16/h4-11,14,18H,3,12-13H2,1-2H3/t18-/m1/s1. The van der Waals surface area contributed by atoms with Gasteiger partial charge in [-0.05, 0) is 37.1 Å². The van der Waals surface area contributed by atoms with Gasteiger partial charge in [0.2, 0.25) is 11.8 Å². The molecule has 2 amide bonds. The minimum absolute atomic E-state index is 0.127. The molecule has 1 aliphatic heterocycles. The molecule has 0 N–H and O–H groups in total. The molecule has 4 heteroatoms. The first-order chi connectivity index (χ1) is 12.6. The van der Waals surface area contributed by atoms with E-state index >= 15 is 0 Å². The smallest absolute Gasteiger partial charge is 0.241 e. The zero-order valence-electron chi connectivity index (χ0n) is 15.1. The Balaban J connectivity index is 1.75. The summed E-state index contributed by atoms with van der Waals surface area (Å²) in [6, 6.07) is 15.7. The number of fused-ring (bicyclic) bond motifs is 1. The van der Waals surface area contributed by atoms with Crippen molar-refractivity contribution >= 4 is 28.4 Å². The number of hydrogen-bond acceptors (Lipinski definition) is 2. The van der Waals surface area contributed by atoms with Gasteiger partial charge in [0.25, 0.3) is 0 Å². The Hall–Kier alpha value is -2.88. The molecule has 3 aromatic rings. The normalized spacial score (nSPS) is 17.5. The van der Waals surface area contributed by atoms with E-state index in [1.165, 1.54) is 4.90 Å². The Morgan fingerprint density at radius 3 is 2.50 bits per heavy atom. The zero-order valence-corrected chi connectivity index (χ0v) is 15.1. The van der Waals surface area contributed by atoms with Crippen LogP contribution in [0, 0.1) is 6.92 Å². The molecular weight excluding hydrogens is 324 g/mol. The molecule has 1 fully saturated rings. The van der Waals surface area contributed by atoms with Crippen LogP contribution >= 0.6 is 0 Å². The molecule has 0 saturated carbocycles. The van der Waals surface area contributed by atoms with E-state index in [-0.39, 0.29) is 18.2 Å². The van der Waals surface area contributed by atoms with Crippen LogP contribution in [0.25, 0.3) is 10.9 Å². The number of anilines is 1. The number of aromatic nitrogens is 1. The van der Waals surface area contributed by atoms with Gasteiger partial charge < -0.3 is 4.57 Å². The Morgan fingerprint density at radius 2 is 1.77 bits per heavy atom. The first kappa shape index (κ1) is 16.6. The molecule has 0 spiro atoms. The van der Waals surface area contributed by atoms with E-state index in [4.69, 9.17) is 0 Å². The SMILES string of the molecule is CCCn1cc([C@H]2CC(=O)N(c3ccc(C)cc3)C2=O)c2ccccc21. The number of nitrogens with zero attached hydrogens (tertiary/aromatic N) is 2. The van der Waals surface area contributed by atoms with Crippen molar-refractivity contribution in [2.45, 2.75) is 39.2 Å². The molecule has 0 unspecified atom stereocenters. The number of benzene rings is 2. The van der Waals surface area contributed by atoms with Crippen LogP contribution in [0.5, 0.6) is 0 Å². The third-order valence-electron chi connectivity index (χ3n) is 5.10. The van der Waals surface area contributed by atoms with Gasteiger partial charge in [-0.2, -0.15) is 0 Å². The molecule has 1 atom stereocenters. The second-order valence-corrected chi connectivity index (χ2v) is 6.95. The molecule has 0 bridgehead atoms. The molecule has 0 radical (unpaired) electrons. The molecule has 0 aliphatic carbocycles. The lowest BCUT2D eigenvalue weighted by Crippen LogP contribution is -2.29. The second-order valence-electron chi connectivity index (χ2n) is 6.95. The van der Waals surface area contributed by atoms with E-state index < -0.39 is 5.92 Å². The van der Waals surface area contributed by atoms with E-state index in [1.54, 1.807) is 0 Å². The fraction of sp³-hybridized carbons (Fsp3) is 0.273. The van der Waals surface area contributed by atoms with Crippen LogP contribution in [0.1, 0.15) is 36.8 Å². The highest BCUT2D eigenvalue weighted by atomic mass is 16.2. The predicted molar refractivity (Wildman–Crippen MR) is 103 cm³/mol. The Morgan fingerprint density at radius 1 is 1.04 bits per heavy atom. The van der Waals surface area contributed by atoms with E-state index in [2.05, 4.69) is 23.8 Å². The summed E-state index contributed by atoms with van der Waals surface area (Å²) in [5.41, 5.74) is 3.85. The van der Waals surface area contributed by atoms with Crippen LogP contribution in [-0.4, -0.2) is 16.4 Å². The molecule has 2 aromatic carbocycles. The summed E-state index contributed by atoms with van der Waals surface area (Å²) in [6.45, 7) is 5.03. The Labute approximate surface area is 153 Å². The number of carbonyl (C=O) groups excluding carboxylic acids is 2. The quantitative estimate of drug-likeness (QED) is 0.657. The van der Waals surface area contributed by atoms with Crippen LogP contribution in [0.15, 0.2) is 54.7 Å². The number of para-hydroxylation sites is 1. The molecule has 2 heterocycles. The van der Waals surface area contributed by atoms with Crippen LogP contribution in [0.4, 0.5) is 5.69 Å². The van der Waals surface area contributed by atoms with Crippen molar-refractivity contribution in [3.63, 3.8) is 0 Å². The topological polar surface area (TPSA) is 42.3 Å². The van der Waals surface area contributed by atoms with Crippen LogP contribution in [-0.2, 0) is 16.1 Å². The summed E-state index contributed by atoms with van der Waals surface area (Å²) < 4.78 is 2.19. The van der Waals surface area contributed by atoms with Gasteiger partial charge in [0.15, 0.2) is 0 Å². The van der Waals surface area contributed by atoms with Gasteiger partial charge in [0.05, 0.1) is 11.6 Å². The minimum Gasteiger partial charge on any atom is -0.347 e. The summed E-state index contributed by atoms with van der Waals surface area (Å²) in [6.07, 6.45) is 3.31. The van der Waals surface area contributed by atoms with E-state index in [0.717, 1.165) is 35.0 Å². The minimum atomic E-state index is -0.410. The molecule has 4 nitrogen and oxygen atoms in total. The largest absolute Gasteiger partial charge is 0.347 e. The number of imide groups is 1. The number of rotatable bonds is 4. The van der Waals surface area contributed by atoms with Crippen LogP contribution < -0.4 is 4.90 Å². The summed E-state index contributed by atoms with van der Waals surface area (Å²) >= 11 is 0. The summed E-state index contributed by atoms with van der Waals surface area (Å²) in [7, 11) is 0. The van der Waals surface area contributed by atoms with Gasteiger partial charge in [-0.25, -0.2) is 0 Å². The number of aryl methyl sites for hydroxylation is 2. The van der Waals surface area contributed by atoms with Crippen molar-refractivity contribution in [1.29, 1.82) is 0 Å². The van der Waals surface area contributed by atoms with Gasteiger partial charge in [-0.1, -0.05) is 42.8 Å². The second kappa shape index (κ2) is 6.45. The van der Waals surface area contributed by atoms with E-state index in [0.29, 0.717) is 5.69 Å². The molecule has 1 aromatic heterocycles. The van der Waals surface area contributed by atoms with E-state index in [1.807, 2.05) is 49.4 Å². The zero-order chi connectivity index (χ0) is 18.3. The highest BCUT2D eigenvalue weighted by Crippen LogP contribution is 2.37. The number of hydrogen-bond donors (Lipinski definition) is 0. The number of amides is 2. The molecule has 26 heavy (non-hydrogen) atoms. The van der Waals surface area contributed by atoms with Crippen LogP contribution in [0.2, 0.25) is 0 Å². The third-order valence-corrected chi connectivity index (χ3v) is 5.10. The maximum Gasteiger partial charge on any atom is 0.241 e. The molecule has 132 valence electrons. The monoisotopic (exact) mass is 346 g/mol. The lowest BCUT2D eigenvalue weighted by atomic mass is 9.97. The summed E-state index contributed by atoms with van der Waals surface area (Å²) in [5, 5.41) is 1.07. The van der Waals surface area contributed by atoms with Crippen molar-refractivity contribution in [3.05, 3.63) is 65.9 Å². The van der Waals surface area contributed by atoms with Gasteiger partial charge in [-0.15, -0.1) is 0 Å². The van der Waals surface area contributed by atoms with Crippen molar-refractivity contribution in [2.24, 2.45) is 0 Å². The first-order valence-electron chi connectivity index (χ1n) is 9.11. The Kier molecular flexibility index (Phi) is 4.11. The molecule has 4 rings (SSSR count). The Bertz CT molecular complexity index is 985. The summed E-state index contributed by atoms with van der Waals surface area (Å²) in [4.78, 5) is 27.1. The number of carbonyl (C=O) groups is 2. The maximum absolute atomic E-state index is 13.1. The van der Waals surface area contributed by atoms with Gasteiger partial charge >= 0.3 is 0 Å². The highest BCUT2D eigenvalue weighted by molar-refractivity contribution is 6.23. The third kappa shape index (κ3) is 2.62. The van der Waals surface area contributed by atoms with Crippen molar-refractivity contribution in [1.82, 2.24) is 4.57 Å². The lowest BCUT2D eigenvalue weighted by molar-refractivity contribution is -0.121. The summed E-state index contributed by atoms with van der Waals surface area (Å²) in [5.74, 6) is -0.666. The molecular formula is C22H22N2O2. The first-order valence-corrected chi connectivity index (χ1v) is 9.11. The predicted octanol–water partition coefficient (Wildman–Crippen LogP) is 4.41. The van der Waals surface area contributed by atoms with Crippen molar-refractivity contribution in [3.8, 4) is 0 Å². The maximum atomic E-state index is 13.1. The highest BCUT2D eigenvalue weighted by Gasteiger charge is 2.41. The fourth-order valence-electron chi connectivity index (χ4n) is 3.82. The average Bonchev–Trinajstić information content (AvgIpc) is 3.14. The van der Waals surface area contributed by atoms with Gasteiger partial charge in [0, 0.05) is 30.1 Å². The van der Waals surface area contributed by atoms with E-state index in [9.17, 15) is 9.59 Å².